The number of thiocarbonyl (C=S) groups is 1. The molecule has 21 heavy (non-hydrogen) atoms. The maximum atomic E-state index is 13.3. The van der Waals surface area contributed by atoms with Gasteiger partial charge >= 0.3 is 0 Å². The van der Waals surface area contributed by atoms with Crippen LogP contribution in [0.5, 0.6) is 11.5 Å². The zero-order chi connectivity index (χ0) is 15.6. The van der Waals surface area contributed by atoms with Gasteiger partial charge in [-0.05, 0) is 41.3 Å². The smallest absolute Gasteiger partial charge is 0.137 e. The van der Waals surface area contributed by atoms with Gasteiger partial charge in [-0.3, -0.25) is 0 Å². The molecule has 4 heteroatoms. The van der Waals surface area contributed by atoms with Crippen molar-refractivity contribution in [1.29, 1.82) is 0 Å². The fourth-order valence-corrected chi connectivity index (χ4v) is 2.10. The van der Waals surface area contributed by atoms with Crippen LogP contribution in [0, 0.1) is 5.82 Å². The molecule has 0 atom stereocenters. The second-order valence-electron chi connectivity index (χ2n) is 5.88. The summed E-state index contributed by atoms with van der Waals surface area (Å²) >= 11 is 4.94. The molecule has 0 aliphatic rings. The molecule has 110 valence electrons. The number of halogens is 1. The van der Waals surface area contributed by atoms with E-state index in [4.69, 9.17) is 22.7 Å². The van der Waals surface area contributed by atoms with Crippen LogP contribution in [0.15, 0.2) is 42.5 Å². The van der Waals surface area contributed by atoms with Crippen molar-refractivity contribution in [3.05, 3.63) is 59.4 Å². The van der Waals surface area contributed by atoms with Crippen molar-refractivity contribution in [1.82, 2.24) is 0 Å². The molecule has 0 aliphatic heterocycles. The van der Waals surface area contributed by atoms with Gasteiger partial charge in [0.15, 0.2) is 0 Å². The molecule has 0 aromatic heterocycles. The summed E-state index contributed by atoms with van der Waals surface area (Å²) in [7, 11) is 0. The predicted molar refractivity (Wildman–Crippen MR) is 87.5 cm³/mol. The number of benzene rings is 2. The molecule has 0 saturated heterocycles. The Bertz CT molecular complexity index is 677. The van der Waals surface area contributed by atoms with Gasteiger partial charge in [0.2, 0.25) is 0 Å². The molecule has 2 aromatic carbocycles. The van der Waals surface area contributed by atoms with Gasteiger partial charge in [-0.2, -0.15) is 0 Å². The van der Waals surface area contributed by atoms with E-state index in [0.29, 0.717) is 17.1 Å². The third kappa shape index (κ3) is 3.79. The van der Waals surface area contributed by atoms with Crippen LogP contribution in [0.4, 0.5) is 4.39 Å². The van der Waals surface area contributed by atoms with Gasteiger partial charge in [-0.25, -0.2) is 4.39 Å². The first-order valence-corrected chi connectivity index (χ1v) is 7.06. The summed E-state index contributed by atoms with van der Waals surface area (Å²) in [5.74, 6) is 0.732. The van der Waals surface area contributed by atoms with Crippen molar-refractivity contribution in [2.24, 2.45) is 5.73 Å². The fraction of sp³-hybridized carbons (Fsp3) is 0.235. The van der Waals surface area contributed by atoms with E-state index < -0.39 is 5.82 Å². The molecule has 0 heterocycles. The molecule has 0 radical (unpaired) electrons. The molecule has 2 aromatic rings. The van der Waals surface area contributed by atoms with Gasteiger partial charge in [0.05, 0.1) is 5.56 Å². The second kappa shape index (κ2) is 5.82. The lowest BCUT2D eigenvalue weighted by Gasteiger charge is -2.20. The van der Waals surface area contributed by atoms with Crippen LogP contribution in [0.3, 0.4) is 0 Å². The normalized spacial score (nSPS) is 11.2. The maximum absolute atomic E-state index is 13.3. The molecule has 0 spiro atoms. The number of nitrogens with two attached hydrogens (primary N) is 1. The Hall–Kier alpha value is -1.94. The summed E-state index contributed by atoms with van der Waals surface area (Å²) in [6.07, 6.45) is 0. The van der Waals surface area contributed by atoms with E-state index in [0.717, 1.165) is 5.56 Å². The Kier molecular flexibility index (Phi) is 4.28. The summed E-state index contributed by atoms with van der Waals surface area (Å²) in [5.41, 5.74) is 7.19. The van der Waals surface area contributed by atoms with Crippen LogP contribution in [0.25, 0.3) is 0 Å². The summed E-state index contributed by atoms with van der Waals surface area (Å²) in [4.78, 5) is 0.108. The van der Waals surface area contributed by atoms with Crippen molar-refractivity contribution in [2.45, 2.75) is 26.2 Å². The molecule has 0 aliphatic carbocycles. The minimum absolute atomic E-state index is 0.0220. The molecular weight excluding hydrogens is 285 g/mol. The summed E-state index contributed by atoms with van der Waals surface area (Å²) in [5, 5.41) is 0. The highest BCUT2D eigenvalue weighted by atomic mass is 32.1. The number of hydrogen-bond donors (Lipinski definition) is 1. The van der Waals surface area contributed by atoms with Crippen molar-refractivity contribution < 1.29 is 9.13 Å². The minimum atomic E-state index is -0.395. The standard InChI is InChI=1S/C17H18FNOS/c1-17(2,3)11-5-4-6-13(9-11)20-15-8-7-12(18)10-14(15)16(19)21/h4-10H,1-3H3,(H2,19,21). The molecule has 2 N–H and O–H groups in total. The van der Waals surface area contributed by atoms with Gasteiger partial charge in [-0.15, -0.1) is 0 Å². The molecule has 0 saturated carbocycles. The maximum Gasteiger partial charge on any atom is 0.137 e. The highest BCUT2D eigenvalue weighted by Crippen LogP contribution is 2.30. The first-order chi connectivity index (χ1) is 9.77. The first-order valence-electron chi connectivity index (χ1n) is 6.65. The first kappa shape index (κ1) is 15.4. The second-order valence-corrected chi connectivity index (χ2v) is 6.32. The molecule has 2 nitrogen and oxygen atoms in total. The largest absolute Gasteiger partial charge is 0.457 e. The lowest BCUT2D eigenvalue weighted by molar-refractivity contribution is 0.475. The Morgan fingerprint density at radius 3 is 2.48 bits per heavy atom. The van der Waals surface area contributed by atoms with Gasteiger partial charge < -0.3 is 10.5 Å². The van der Waals surface area contributed by atoms with Crippen LogP contribution in [-0.4, -0.2) is 4.99 Å². The van der Waals surface area contributed by atoms with Gasteiger partial charge in [0, 0.05) is 0 Å². The van der Waals surface area contributed by atoms with E-state index in [2.05, 4.69) is 20.8 Å². The van der Waals surface area contributed by atoms with E-state index in [9.17, 15) is 4.39 Å². The van der Waals surface area contributed by atoms with Crippen LogP contribution in [-0.2, 0) is 5.41 Å². The highest BCUT2D eigenvalue weighted by molar-refractivity contribution is 7.80. The fourth-order valence-electron chi connectivity index (χ4n) is 1.94. The SMILES string of the molecule is CC(C)(C)c1cccc(Oc2ccc(F)cc2C(N)=S)c1. The third-order valence-corrected chi connectivity index (χ3v) is 3.35. The lowest BCUT2D eigenvalue weighted by atomic mass is 9.87. The lowest BCUT2D eigenvalue weighted by Crippen LogP contribution is -2.12. The summed E-state index contributed by atoms with van der Waals surface area (Å²) in [6.45, 7) is 6.39. The molecule has 0 bridgehead atoms. The third-order valence-electron chi connectivity index (χ3n) is 3.13. The quantitative estimate of drug-likeness (QED) is 0.845. The Morgan fingerprint density at radius 2 is 1.86 bits per heavy atom. The minimum Gasteiger partial charge on any atom is -0.457 e. The number of rotatable bonds is 3. The van der Waals surface area contributed by atoms with Crippen molar-refractivity contribution in [2.75, 3.05) is 0 Å². The van der Waals surface area contributed by atoms with Gasteiger partial charge in [0.1, 0.15) is 22.3 Å². The molecule has 0 unspecified atom stereocenters. The van der Waals surface area contributed by atoms with Crippen LogP contribution < -0.4 is 10.5 Å². The molecule has 0 amide bonds. The van der Waals surface area contributed by atoms with E-state index in [1.165, 1.54) is 18.2 Å². The zero-order valence-electron chi connectivity index (χ0n) is 12.3. The van der Waals surface area contributed by atoms with E-state index in [1.807, 2.05) is 24.3 Å². The van der Waals surface area contributed by atoms with Gasteiger partial charge in [-0.1, -0.05) is 45.1 Å². The molecule has 2 rings (SSSR count). The topological polar surface area (TPSA) is 35.2 Å². The molecular formula is C17H18FNOS. The van der Waals surface area contributed by atoms with Crippen molar-refractivity contribution in [3.8, 4) is 11.5 Å². The predicted octanol–water partition coefficient (Wildman–Crippen LogP) is 4.55. The van der Waals surface area contributed by atoms with Crippen LogP contribution in [0.1, 0.15) is 31.9 Å². The van der Waals surface area contributed by atoms with Crippen molar-refractivity contribution in [3.63, 3.8) is 0 Å². The van der Waals surface area contributed by atoms with Crippen LogP contribution in [0.2, 0.25) is 0 Å². The van der Waals surface area contributed by atoms with E-state index >= 15 is 0 Å². The van der Waals surface area contributed by atoms with E-state index in [-0.39, 0.29) is 10.4 Å². The Labute approximate surface area is 129 Å². The van der Waals surface area contributed by atoms with Crippen molar-refractivity contribution >= 4 is 17.2 Å². The van der Waals surface area contributed by atoms with Crippen LogP contribution >= 0.6 is 12.2 Å². The Balaban J connectivity index is 2.37. The average molecular weight is 303 g/mol. The summed E-state index contributed by atoms with van der Waals surface area (Å²) in [6, 6.07) is 11.9. The zero-order valence-corrected chi connectivity index (χ0v) is 13.1. The average Bonchev–Trinajstić information content (AvgIpc) is 2.40. The number of ether oxygens (including phenoxy) is 1. The van der Waals surface area contributed by atoms with E-state index in [1.54, 1.807) is 0 Å². The highest BCUT2D eigenvalue weighted by Gasteiger charge is 2.15. The number of hydrogen-bond acceptors (Lipinski definition) is 2. The Morgan fingerprint density at radius 1 is 1.14 bits per heavy atom. The molecule has 0 fully saturated rings. The monoisotopic (exact) mass is 303 g/mol. The van der Waals surface area contributed by atoms with Gasteiger partial charge in [0.25, 0.3) is 0 Å². The summed E-state index contributed by atoms with van der Waals surface area (Å²) < 4.78 is 19.1.